The summed E-state index contributed by atoms with van der Waals surface area (Å²) in [6, 6.07) is 10.0. The Balaban J connectivity index is 1.66. The number of anilines is 1. The van der Waals surface area contributed by atoms with Crippen molar-refractivity contribution in [2.75, 3.05) is 11.9 Å². The first-order valence-electron chi connectivity index (χ1n) is 11.1. The van der Waals surface area contributed by atoms with E-state index in [1.54, 1.807) is 42.1 Å². The maximum Gasteiger partial charge on any atom is 0.342 e. The van der Waals surface area contributed by atoms with Gasteiger partial charge in [0.25, 0.3) is 5.91 Å². The second-order valence-corrected chi connectivity index (χ2v) is 8.27. The molecule has 0 aliphatic heterocycles. The molecule has 8 nitrogen and oxygen atoms in total. The van der Waals surface area contributed by atoms with Gasteiger partial charge < -0.3 is 20.3 Å². The Bertz CT molecular complexity index is 1120. The van der Waals surface area contributed by atoms with Crippen LogP contribution in [0.1, 0.15) is 61.1 Å². The third-order valence-corrected chi connectivity index (χ3v) is 5.94. The number of amides is 2. The molecular formula is C24H29N5O3. The molecule has 8 heteroatoms. The fourth-order valence-electron chi connectivity index (χ4n) is 4.22. The fourth-order valence-corrected chi connectivity index (χ4v) is 4.22. The number of nitrogens with zero attached hydrogens (tertiary/aromatic N) is 3. The smallest absolute Gasteiger partial charge is 0.342 e. The van der Waals surface area contributed by atoms with Crippen molar-refractivity contribution in [2.24, 2.45) is 7.05 Å². The Morgan fingerprint density at radius 3 is 2.66 bits per heavy atom. The molecule has 2 aromatic heterocycles. The molecule has 3 aromatic rings. The van der Waals surface area contributed by atoms with Crippen molar-refractivity contribution in [1.29, 1.82) is 0 Å². The molecule has 0 unspecified atom stereocenters. The van der Waals surface area contributed by atoms with Crippen LogP contribution in [-0.4, -0.2) is 37.9 Å². The lowest BCUT2D eigenvalue weighted by molar-refractivity contribution is 0.101. The minimum absolute atomic E-state index is 0.0402. The van der Waals surface area contributed by atoms with E-state index in [1.807, 2.05) is 13.0 Å². The number of phenols is 1. The molecule has 32 heavy (non-hydrogen) atoms. The van der Waals surface area contributed by atoms with E-state index in [0.29, 0.717) is 29.2 Å². The van der Waals surface area contributed by atoms with Crippen LogP contribution in [0.25, 0.3) is 11.3 Å². The molecular weight excluding hydrogens is 406 g/mol. The number of hydrogen-bond donors (Lipinski definition) is 3. The van der Waals surface area contributed by atoms with Gasteiger partial charge in [-0.05, 0) is 55.7 Å². The van der Waals surface area contributed by atoms with Crippen LogP contribution in [-0.2, 0) is 7.05 Å². The predicted octanol–water partition coefficient (Wildman–Crippen LogP) is 4.47. The summed E-state index contributed by atoms with van der Waals surface area (Å²) in [4.78, 5) is 25.3. The summed E-state index contributed by atoms with van der Waals surface area (Å²) in [5.41, 5.74) is 2.90. The van der Waals surface area contributed by atoms with Crippen molar-refractivity contribution in [3.63, 3.8) is 0 Å². The summed E-state index contributed by atoms with van der Waals surface area (Å²) in [6.07, 6.45) is 6.94. The minimum Gasteiger partial charge on any atom is -0.507 e. The SMILES string of the molecule is CCCNC(=O)n1nc(-c2cc(NC(=O)c3cccn3C)ccc2O)cc1C1CCCC1. The lowest BCUT2D eigenvalue weighted by Crippen LogP contribution is -2.31. The molecule has 0 saturated heterocycles. The van der Waals surface area contributed by atoms with E-state index in [0.717, 1.165) is 37.8 Å². The maximum absolute atomic E-state index is 12.8. The van der Waals surface area contributed by atoms with E-state index in [1.165, 1.54) is 10.7 Å². The number of carbonyl (C=O) groups excluding carboxylic acids is 2. The Labute approximate surface area is 187 Å². The number of hydrogen-bond acceptors (Lipinski definition) is 4. The van der Waals surface area contributed by atoms with Gasteiger partial charge in [0.15, 0.2) is 0 Å². The van der Waals surface area contributed by atoms with Crippen molar-refractivity contribution in [3.8, 4) is 17.0 Å². The molecule has 0 atom stereocenters. The topological polar surface area (TPSA) is 101 Å². The number of nitrogens with one attached hydrogen (secondary N) is 2. The molecule has 1 fully saturated rings. The largest absolute Gasteiger partial charge is 0.507 e. The van der Waals surface area contributed by atoms with Gasteiger partial charge in [-0.2, -0.15) is 9.78 Å². The number of aryl methyl sites for hydroxylation is 1. The summed E-state index contributed by atoms with van der Waals surface area (Å²) in [6.45, 7) is 2.57. The highest BCUT2D eigenvalue weighted by molar-refractivity contribution is 6.03. The average Bonchev–Trinajstić information content (AvgIpc) is 3.53. The van der Waals surface area contributed by atoms with Gasteiger partial charge in [-0.1, -0.05) is 19.8 Å². The van der Waals surface area contributed by atoms with Gasteiger partial charge in [0.1, 0.15) is 11.4 Å². The molecule has 0 bridgehead atoms. The standard InChI is InChI=1S/C24H29N5O3/c1-3-12-25-24(32)29-21(16-7-4-5-8-16)15-19(27-29)18-14-17(10-11-22(18)30)26-23(31)20-9-6-13-28(20)2/h6,9-11,13-16,30H,3-5,7-8,12H2,1-2H3,(H,25,32)(H,26,31). The average molecular weight is 436 g/mol. The van der Waals surface area contributed by atoms with Gasteiger partial charge in [-0.25, -0.2) is 4.79 Å². The summed E-state index contributed by atoms with van der Waals surface area (Å²) in [5, 5.41) is 20.8. The molecule has 0 spiro atoms. The van der Waals surface area contributed by atoms with Crippen molar-refractivity contribution >= 4 is 17.6 Å². The van der Waals surface area contributed by atoms with Gasteiger partial charge in [-0.3, -0.25) is 4.79 Å². The normalized spacial score (nSPS) is 13.9. The molecule has 3 N–H and O–H groups in total. The van der Waals surface area contributed by atoms with Gasteiger partial charge in [0.05, 0.1) is 11.4 Å². The summed E-state index contributed by atoms with van der Waals surface area (Å²) in [5.74, 6) is 0.0645. The summed E-state index contributed by atoms with van der Waals surface area (Å²) >= 11 is 0. The van der Waals surface area contributed by atoms with E-state index < -0.39 is 0 Å². The van der Waals surface area contributed by atoms with Crippen molar-refractivity contribution < 1.29 is 14.7 Å². The first-order valence-corrected chi connectivity index (χ1v) is 11.1. The predicted molar refractivity (Wildman–Crippen MR) is 123 cm³/mol. The third kappa shape index (κ3) is 4.39. The van der Waals surface area contributed by atoms with Gasteiger partial charge in [0, 0.05) is 37.0 Å². The van der Waals surface area contributed by atoms with Crippen LogP contribution in [0.3, 0.4) is 0 Å². The summed E-state index contributed by atoms with van der Waals surface area (Å²) in [7, 11) is 1.80. The monoisotopic (exact) mass is 435 g/mol. The number of aromatic hydroxyl groups is 1. The van der Waals surface area contributed by atoms with E-state index >= 15 is 0 Å². The zero-order chi connectivity index (χ0) is 22.7. The highest BCUT2D eigenvalue weighted by atomic mass is 16.3. The molecule has 4 rings (SSSR count). The zero-order valence-electron chi connectivity index (χ0n) is 18.5. The van der Waals surface area contributed by atoms with E-state index in [4.69, 9.17) is 0 Å². The van der Waals surface area contributed by atoms with Gasteiger partial charge >= 0.3 is 6.03 Å². The maximum atomic E-state index is 12.8. The molecule has 2 amide bonds. The number of rotatable bonds is 6. The van der Waals surface area contributed by atoms with Crippen LogP contribution < -0.4 is 10.6 Å². The van der Waals surface area contributed by atoms with Crippen LogP contribution in [0.5, 0.6) is 5.75 Å². The molecule has 0 radical (unpaired) electrons. The highest BCUT2D eigenvalue weighted by Crippen LogP contribution is 2.38. The van der Waals surface area contributed by atoms with Crippen LogP contribution in [0, 0.1) is 0 Å². The first-order chi connectivity index (χ1) is 15.5. The van der Waals surface area contributed by atoms with Crippen LogP contribution in [0.2, 0.25) is 0 Å². The van der Waals surface area contributed by atoms with Crippen molar-refractivity contribution in [1.82, 2.24) is 19.7 Å². The number of aromatic nitrogens is 3. The number of carbonyl (C=O) groups is 2. The molecule has 168 valence electrons. The van der Waals surface area contributed by atoms with E-state index in [9.17, 15) is 14.7 Å². The van der Waals surface area contributed by atoms with Crippen molar-refractivity contribution in [2.45, 2.75) is 44.9 Å². The Morgan fingerprint density at radius 2 is 1.97 bits per heavy atom. The quantitative estimate of drug-likeness (QED) is 0.497. The Morgan fingerprint density at radius 1 is 1.19 bits per heavy atom. The second-order valence-electron chi connectivity index (χ2n) is 8.27. The lowest BCUT2D eigenvalue weighted by atomic mass is 10.0. The number of benzene rings is 1. The molecule has 1 saturated carbocycles. The Kier molecular flexibility index (Phi) is 6.30. The summed E-state index contributed by atoms with van der Waals surface area (Å²) < 4.78 is 3.18. The van der Waals surface area contributed by atoms with Crippen LogP contribution >= 0.6 is 0 Å². The first kappa shape index (κ1) is 21.7. The highest BCUT2D eigenvalue weighted by Gasteiger charge is 2.26. The Hall–Kier alpha value is -3.55. The zero-order valence-corrected chi connectivity index (χ0v) is 18.5. The lowest BCUT2D eigenvalue weighted by Gasteiger charge is -2.11. The molecule has 1 aliphatic carbocycles. The van der Waals surface area contributed by atoms with Gasteiger partial charge in [-0.15, -0.1) is 0 Å². The van der Waals surface area contributed by atoms with Crippen LogP contribution in [0.15, 0.2) is 42.6 Å². The van der Waals surface area contributed by atoms with E-state index in [-0.39, 0.29) is 23.6 Å². The third-order valence-electron chi connectivity index (χ3n) is 5.94. The molecule has 2 heterocycles. The van der Waals surface area contributed by atoms with Crippen molar-refractivity contribution in [3.05, 3.63) is 54.0 Å². The van der Waals surface area contributed by atoms with Gasteiger partial charge in [0.2, 0.25) is 0 Å². The molecule has 1 aliphatic rings. The van der Waals surface area contributed by atoms with Crippen LogP contribution in [0.4, 0.5) is 10.5 Å². The minimum atomic E-state index is -0.257. The van der Waals surface area contributed by atoms with E-state index in [2.05, 4.69) is 15.7 Å². The second kappa shape index (κ2) is 9.30. The molecule has 1 aromatic carbocycles. The number of phenolic OH excluding ortho intramolecular Hbond substituents is 1. The fraction of sp³-hybridized carbons (Fsp3) is 0.375.